The van der Waals surface area contributed by atoms with Gasteiger partial charge in [-0.25, -0.2) is 8.42 Å². The molecule has 10 nitrogen and oxygen atoms in total. The number of benzene rings is 3. The van der Waals surface area contributed by atoms with Crippen molar-refractivity contribution in [1.82, 2.24) is 10.2 Å². The number of nitrogens with zero attached hydrogens (tertiary/aromatic N) is 3. The van der Waals surface area contributed by atoms with Crippen LogP contribution in [0.1, 0.15) is 26.3 Å². The zero-order chi connectivity index (χ0) is 29.4. The summed E-state index contributed by atoms with van der Waals surface area (Å²) < 4.78 is 45.5. The Morgan fingerprint density at radius 1 is 0.976 bits per heavy atom. The number of sulfonamides is 1. The van der Waals surface area contributed by atoms with Crippen LogP contribution >= 0.6 is 11.3 Å². The Hall–Kier alpha value is -4.16. The largest absolute Gasteiger partial charge is 0.497 e. The summed E-state index contributed by atoms with van der Waals surface area (Å²) in [6, 6.07) is 18.8. The number of anilines is 2. The maximum absolute atomic E-state index is 13.9. The van der Waals surface area contributed by atoms with Crippen LogP contribution in [0, 0.1) is 0 Å². The van der Waals surface area contributed by atoms with Crippen molar-refractivity contribution in [1.29, 1.82) is 0 Å². The summed E-state index contributed by atoms with van der Waals surface area (Å²) in [5, 5.41) is 11.9. The number of aromatic nitrogens is 2. The Morgan fingerprint density at radius 3 is 2.22 bits per heavy atom. The summed E-state index contributed by atoms with van der Waals surface area (Å²) in [7, 11) is -0.957. The van der Waals surface area contributed by atoms with Gasteiger partial charge in [-0.05, 0) is 71.6 Å². The van der Waals surface area contributed by atoms with Gasteiger partial charge in [0.2, 0.25) is 5.13 Å². The summed E-state index contributed by atoms with van der Waals surface area (Å²) in [5.41, 5.74) is 1.88. The van der Waals surface area contributed by atoms with Crippen molar-refractivity contribution < 1.29 is 27.4 Å². The summed E-state index contributed by atoms with van der Waals surface area (Å²) in [5.74, 6) is 0.996. The number of amides is 1. The van der Waals surface area contributed by atoms with Gasteiger partial charge in [-0.1, -0.05) is 38.2 Å². The normalized spacial score (nSPS) is 15.0. The molecule has 1 atom stereocenters. The minimum absolute atomic E-state index is 0.0692. The van der Waals surface area contributed by atoms with E-state index in [1.807, 2.05) is 51.1 Å². The molecule has 1 amide bonds. The van der Waals surface area contributed by atoms with Gasteiger partial charge < -0.3 is 14.2 Å². The monoisotopic (exact) mass is 594 g/mol. The highest BCUT2D eigenvalue weighted by Crippen LogP contribution is 2.40. The molecule has 0 aliphatic carbocycles. The minimum atomic E-state index is -4.06. The van der Waals surface area contributed by atoms with Crippen LogP contribution in [0.15, 0.2) is 71.6 Å². The van der Waals surface area contributed by atoms with E-state index >= 15 is 0 Å². The van der Waals surface area contributed by atoms with Crippen LogP contribution in [0.25, 0.3) is 10.6 Å². The highest BCUT2D eigenvalue weighted by Gasteiger charge is 2.38. The van der Waals surface area contributed by atoms with E-state index in [2.05, 4.69) is 15.5 Å². The van der Waals surface area contributed by atoms with Gasteiger partial charge in [-0.2, -0.15) is 0 Å². The molecule has 41 heavy (non-hydrogen) atoms. The predicted molar refractivity (Wildman–Crippen MR) is 158 cm³/mol. The Kier molecular flexibility index (Phi) is 7.62. The van der Waals surface area contributed by atoms with Gasteiger partial charge >= 0.3 is 0 Å². The van der Waals surface area contributed by atoms with E-state index in [1.54, 1.807) is 31.4 Å². The average molecular weight is 595 g/mol. The van der Waals surface area contributed by atoms with Crippen LogP contribution in [-0.4, -0.2) is 51.4 Å². The lowest BCUT2D eigenvalue weighted by Gasteiger charge is -2.35. The molecule has 5 rings (SSSR count). The van der Waals surface area contributed by atoms with E-state index in [-0.39, 0.29) is 27.7 Å². The van der Waals surface area contributed by atoms with E-state index in [1.165, 1.54) is 34.9 Å². The first-order chi connectivity index (χ1) is 19.5. The highest BCUT2D eigenvalue weighted by atomic mass is 32.2. The third-order valence-corrected chi connectivity index (χ3v) is 9.31. The SMILES string of the molecule is COc1ccc(-c2nnc(NC(=O)[C@@H]3CN(S(=O)(=O)c4ccc(OC)cc4)c4cc(C(C)(C)C)ccc4O3)s2)cc1. The molecule has 0 saturated heterocycles. The fraction of sp³-hybridized carbons (Fsp3) is 0.276. The Labute approximate surface area is 243 Å². The molecule has 0 bridgehead atoms. The van der Waals surface area contributed by atoms with Gasteiger partial charge in [-0.15, -0.1) is 10.2 Å². The van der Waals surface area contributed by atoms with E-state index in [0.717, 1.165) is 11.1 Å². The first kappa shape index (κ1) is 28.4. The molecule has 12 heteroatoms. The molecule has 4 aromatic rings. The minimum Gasteiger partial charge on any atom is -0.497 e. The summed E-state index contributed by atoms with van der Waals surface area (Å²) in [6.07, 6.45) is -1.13. The number of methoxy groups -OCH3 is 2. The Balaban J connectivity index is 1.44. The Bertz CT molecular complexity index is 1660. The van der Waals surface area contributed by atoms with Gasteiger partial charge in [0.1, 0.15) is 22.3 Å². The number of rotatable bonds is 7. The highest BCUT2D eigenvalue weighted by molar-refractivity contribution is 7.92. The smallest absolute Gasteiger partial charge is 0.269 e. The summed E-state index contributed by atoms with van der Waals surface area (Å²) >= 11 is 1.19. The molecular formula is C29H30N4O6S2. The molecule has 0 saturated carbocycles. The second kappa shape index (κ2) is 11.0. The van der Waals surface area contributed by atoms with E-state index < -0.39 is 22.0 Å². The van der Waals surface area contributed by atoms with Crippen LogP contribution in [0.3, 0.4) is 0 Å². The first-order valence-electron chi connectivity index (χ1n) is 12.8. The quantitative estimate of drug-likeness (QED) is 0.313. The van der Waals surface area contributed by atoms with Gasteiger partial charge in [0.05, 0.1) is 31.3 Å². The summed E-state index contributed by atoms with van der Waals surface area (Å²) in [4.78, 5) is 13.4. The van der Waals surface area contributed by atoms with Crippen LogP contribution in [0.5, 0.6) is 17.2 Å². The van der Waals surface area contributed by atoms with Gasteiger partial charge in [0.15, 0.2) is 6.10 Å². The number of ether oxygens (including phenoxy) is 3. The Morgan fingerprint density at radius 2 is 1.61 bits per heavy atom. The molecule has 0 unspecified atom stereocenters. The van der Waals surface area contributed by atoms with Crippen LogP contribution in [0.2, 0.25) is 0 Å². The number of hydrogen-bond acceptors (Lipinski definition) is 9. The second-order valence-corrected chi connectivity index (χ2v) is 13.2. The predicted octanol–water partition coefficient (Wildman–Crippen LogP) is 5.11. The van der Waals surface area contributed by atoms with Crippen LogP contribution < -0.4 is 23.8 Å². The molecule has 2 heterocycles. The fourth-order valence-corrected chi connectivity index (χ4v) is 6.49. The first-order valence-corrected chi connectivity index (χ1v) is 15.0. The number of nitrogens with one attached hydrogen (secondary N) is 1. The van der Waals surface area contributed by atoms with E-state index in [0.29, 0.717) is 22.2 Å². The van der Waals surface area contributed by atoms with Crippen molar-refractivity contribution in [2.75, 3.05) is 30.4 Å². The maximum Gasteiger partial charge on any atom is 0.269 e. The standard InChI is InChI=1S/C29H30N4O6S2/c1-29(2,3)19-8-15-24-23(16-19)33(41(35,36)22-13-11-21(38-5)12-14-22)17-25(39-24)26(34)30-28-32-31-27(40-28)18-6-9-20(37-4)10-7-18/h6-16,25H,17H2,1-5H3,(H,30,32,34)/t25-/m0/s1. The molecule has 0 fully saturated rings. The maximum atomic E-state index is 13.9. The zero-order valence-corrected chi connectivity index (χ0v) is 24.9. The number of hydrogen-bond donors (Lipinski definition) is 1. The van der Waals surface area contributed by atoms with Crippen LogP contribution in [-0.2, 0) is 20.2 Å². The van der Waals surface area contributed by atoms with Gasteiger partial charge in [-0.3, -0.25) is 14.4 Å². The van der Waals surface area contributed by atoms with Crippen molar-refractivity contribution in [3.63, 3.8) is 0 Å². The number of carbonyl (C=O) groups excluding carboxylic acids is 1. The molecule has 1 aliphatic heterocycles. The molecule has 0 radical (unpaired) electrons. The molecule has 214 valence electrons. The van der Waals surface area contributed by atoms with Crippen molar-refractivity contribution in [3.05, 3.63) is 72.3 Å². The lowest BCUT2D eigenvalue weighted by atomic mass is 9.86. The lowest BCUT2D eigenvalue weighted by Crippen LogP contribution is -2.49. The van der Waals surface area contributed by atoms with Crippen molar-refractivity contribution in [2.24, 2.45) is 0 Å². The third-order valence-electron chi connectivity index (χ3n) is 6.63. The number of fused-ring (bicyclic) bond motifs is 1. The summed E-state index contributed by atoms with van der Waals surface area (Å²) in [6.45, 7) is 5.89. The molecule has 1 aliphatic rings. The fourth-order valence-electron chi connectivity index (χ4n) is 4.27. The third kappa shape index (κ3) is 5.84. The zero-order valence-electron chi connectivity index (χ0n) is 23.2. The molecule has 1 N–H and O–H groups in total. The molecular weight excluding hydrogens is 564 g/mol. The lowest BCUT2D eigenvalue weighted by molar-refractivity contribution is -0.122. The van der Waals surface area contributed by atoms with E-state index in [9.17, 15) is 13.2 Å². The van der Waals surface area contributed by atoms with Crippen LogP contribution in [0.4, 0.5) is 10.8 Å². The van der Waals surface area contributed by atoms with Crippen molar-refractivity contribution >= 4 is 38.1 Å². The molecule has 0 spiro atoms. The van der Waals surface area contributed by atoms with Gasteiger partial charge in [0.25, 0.3) is 15.9 Å². The number of carbonyl (C=O) groups is 1. The molecule has 1 aromatic heterocycles. The second-order valence-electron chi connectivity index (χ2n) is 10.4. The topological polar surface area (TPSA) is 120 Å². The van der Waals surface area contributed by atoms with Crippen molar-refractivity contribution in [2.45, 2.75) is 37.2 Å². The van der Waals surface area contributed by atoms with Crippen molar-refractivity contribution in [3.8, 4) is 27.8 Å². The molecule has 3 aromatic carbocycles. The average Bonchev–Trinajstić information content (AvgIpc) is 3.44. The van der Waals surface area contributed by atoms with E-state index in [4.69, 9.17) is 14.2 Å². The van der Waals surface area contributed by atoms with Gasteiger partial charge in [0, 0.05) is 5.56 Å².